The summed E-state index contributed by atoms with van der Waals surface area (Å²) in [5.41, 5.74) is 1.34. The molecule has 0 saturated carbocycles. The molecule has 0 radical (unpaired) electrons. The van der Waals surface area contributed by atoms with Crippen molar-refractivity contribution in [3.05, 3.63) is 42.0 Å². The summed E-state index contributed by atoms with van der Waals surface area (Å²) in [6.45, 7) is 7.93. The summed E-state index contributed by atoms with van der Waals surface area (Å²) in [6.07, 6.45) is 1.64. The Balaban J connectivity index is 3.02. The molecule has 16 heavy (non-hydrogen) atoms. The molecule has 0 amide bonds. The SMILES string of the molecule is C=CCOc1cccc(C)c1C(=O)OCC. The van der Waals surface area contributed by atoms with E-state index in [9.17, 15) is 4.79 Å². The van der Waals surface area contributed by atoms with E-state index in [1.54, 1.807) is 19.1 Å². The van der Waals surface area contributed by atoms with Crippen molar-refractivity contribution < 1.29 is 14.3 Å². The van der Waals surface area contributed by atoms with E-state index in [0.717, 1.165) is 5.56 Å². The van der Waals surface area contributed by atoms with Crippen LogP contribution in [0.4, 0.5) is 0 Å². The highest BCUT2D eigenvalue weighted by atomic mass is 16.5. The van der Waals surface area contributed by atoms with Gasteiger partial charge in [0.15, 0.2) is 0 Å². The molecule has 0 aliphatic heterocycles. The second kappa shape index (κ2) is 5.95. The highest BCUT2D eigenvalue weighted by Crippen LogP contribution is 2.23. The molecule has 0 atom stereocenters. The van der Waals surface area contributed by atoms with Crippen LogP contribution in [0.3, 0.4) is 0 Å². The molecular formula is C13H16O3. The minimum Gasteiger partial charge on any atom is -0.489 e. The van der Waals surface area contributed by atoms with E-state index in [4.69, 9.17) is 9.47 Å². The first kappa shape index (κ1) is 12.3. The van der Waals surface area contributed by atoms with Crippen LogP contribution in [0, 0.1) is 6.92 Å². The second-order valence-electron chi connectivity index (χ2n) is 3.27. The Morgan fingerprint density at radius 3 is 2.88 bits per heavy atom. The lowest BCUT2D eigenvalue weighted by Crippen LogP contribution is -2.09. The van der Waals surface area contributed by atoms with Gasteiger partial charge < -0.3 is 9.47 Å². The zero-order valence-electron chi connectivity index (χ0n) is 9.66. The quantitative estimate of drug-likeness (QED) is 0.565. The number of hydrogen-bond donors (Lipinski definition) is 0. The lowest BCUT2D eigenvalue weighted by atomic mass is 10.1. The molecular weight excluding hydrogens is 204 g/mol. The minimum absolute atomic E-state index is 0.348. The van der Waals surface area contributed by atoms with Crippen LogP contribution in [0.2, 0.25) is 0 Å². The van der Waals surface area contributed by atoms with Gasteiger partial charge in [-0.25, -0.2) is 4.79 Å². The first-order valence-corrected chi connectivity index (χ1v) is 5.21. The fourth-order valence-corrected chi connectivity index (χ4v) is 1.37. The van der Waals surface area contributed by atoms with Gasteiger partial charge in [-0.3, -0.25) is 0 Å². The Labute approximate surface area is 95.7 Å². The molecule has 0 fully saturated rings. The van der Waals surface area contributed by atoms with Crippen molar-refractivity contribution in [3.8, 4) is 5.75 Å². The van der Waals surface area contributed by atoms with E-state index in [1.165, 1.54) is 0 Å². The summed E-state index contributed by atoms with van der Waals surface area (Å²) < 4.78 is 10.4. The average molecular weight is 220 g/mol. The number of ether oxygens (including phenoxy) is 2. The van der Waals surface area contributed by atoms with E-state index >= 15 is 0 Å². The molecule has 0 unspecified atom stereocenters. The van der Waals surface area contributed by atoms with Crippen LogP contribution in [0.15, 0.2) is 30.9 Å². The Morgan fingerprint density at radius 2 is 2.25 bits per heavy atom. The topological polar surface area (TPSA) is 35.5 Å². The summed E-state index contributed by atoms with van der Waals surface area (Å²) in [5, 5.41) is 0. The fraction of sp³-hybridized carbons (Fsp3) is 0.308. The lowest BCUT2D eigenvalue weighted by Gasteiger charge is -2.11. The number of hydrogen-bond acceptors (Lipinski definition) is 3. The first-order chi connectivity index (χ1) is 7.70. The predicted octanol–water partition coefficient (Wildman–Crippen LogP) is 2.74. The number of aryl methyl sites for hydroxylation is 1. The second-order valence-corrected chi connectivity index (χ2v) is 3.27. The number of carbonyl (C=O) groups excluding carboxylic acids is 1. The molecule has 0 heterocycles. The average Bonchev–Trinajstić information content (AvgIpc) is 2.26. The molecule has 1 aromatic carbocycles. The number of rotatable bonds is 5. The smallest absolute Gasteiger partial charge is 0.342 e. The Bertz CT molecular complexity index is 383. The third-order valence-corrected chi connectivity index (χ3v) is 2.07. The van der Waals surface area contributed by atoms with Crippen LogP contribution in [-0.4, -0.2) is 19.2 Å². The van der Waals surface area contributed by atoms with Crippen molar-refractivity contribution >= 4 is 5.97 Å². The van der Waals surface area contributed by atoms with E-state index in [2.05, 4.69) is 6.58 Å². The molecule has 0 aliphatic rings. The maximum absolute atomic E-state index is 11.7. The molecule has 0 spiro atoms. The molecule has 86 valence electrons. The van der Waals surface area contributed by atoms with E-state index < -0.39 is 0 Å². The fourth-order valence-electron chi connectivity index (χ4n) is 1.37. The van der Waals surface area contributed by atoms with Gasteiger partial charge in [0.05, 0.1) is 6.61 Å². The Kier molecular flexibility index (Phi) is 4.58. The third-order valence-electron chi connectivity index (χ3n) is 2.07. The molecule has 0 saturated heterocycles. The van der Waals surface area contributed by atoms with Crippen molar-refractivity contribution in [1.29, 1.82) is 0 Å². The van der Waals surface area contributed by atoms with Crippen LogP contribution < -0.4 is 4.74 Å². The Morgan fingerprint density at radius 1 is 1.50 bits per heavy atom. The zero-order valence-corrected chi connectivity index (χ0v) is 9.66. The largest absolute Gasteiger partial charge is 0.489 e. The maximum Gasteiger partial charge on any atom is 0.342 e. The van der Waals surface area contributed by atoms with Gasteiger partial charge in [0, 0.05) is 0 Å². The lowest BCUT2D eigenvalue weighted by molar-refractivity contribution is 0.0521. The predicted molar refractivity (Wildman–Crippen MR) is 62.8 cm³/mol. The molecule has 0 aromatic heterocycles. The molecule has 3 heteroatoms. The van der Waals surface area contributed by atoms with Gasteiger partial charge in [-0.2, -0.15) is 0 Å². The maximum atomic E-state index is 11.7. The van der Waals surface area contributed by atoms with Gasteiger partial charge in [0.2, 0.25) is 0 Å². The van der Waals surface area contributed by atoms with Gasteiger partial charge in [0.1, 0.15) is 17.9 Å². The van der Waals surface area contributed by atoms with Crippen molar-refractivity contribution in [3.63, 3.8) is 0 Å². The molecule has 3 nitrogen and oxygen atoms in total. The van der Waals surface area contributed by atoms with Crippen molar-refractivity contribution in [2.75, 3.05) is 13.2 Å². The minimum atomic E-state index is -0.348. The first-order valence-electron chi connectivity index (χ1n) is 5.21. The third kappa shape index (κ3) is 2.86. The van der Waals surface area contributed by atoms with Gasteiger partial charge in [-0.05, 0) is 25.5 Å². The molecule has 0 aliphatic carbocycles. The molecule has 1 rings (SSSR count). The summed E-state index contributed by atoms with van der Waals surface area (Å²) in [4.78, 5) is 11.7. The normalized spacial score (nSPS) is 9.62. The molecule has 0 bridgehead atoms. The van der Waals surface area contributed by atoms with Crippen molar-refractivity contribution in [2.24, 2.45) is 0 Å². The van der Waals surface area contributed by atoms with Gasteiger partial charge in [0.25, 0.3) is 0 Å². The summed E-state index contributed by atoms with van der Waals surface area (Å²) in [6, 6.07) is 5.45. The zero-order chi connectivity index (χ0) is 12.0. The van der Waals surface area contributed by atoms with Crippen LogP contribution in [0.5, 0.6) is 5.75 Å². The Hall–Kier alpha value is -1.77. The summed E-state index contributed by atoms with van der Waals surface area (Å²) in [5.74, 6) is 0.193. The highest BCUT2D eigenvalue weighted by Gasteiger charge is 2.15. The summed E-state index contributed by atoms with van der Waals surface area (Å²) >= 11 is 0. The number of carbonyl (C=O) groups is 1. The van der Waals surface area contributed by atoms with Crippen LogP contribution >= 0.6 is 0 Å². The van der Waals surface area contributed by atoms with Gasteiger partial charge >= 0.3 is 5.97 Å². The monoisotopic (exact) mass is 220 g/mol. The van der Waals surface area contributed by atoms with Crippen LogP contribution in [0.1, 0.15) is 22.8 Å². The molecule has 1 aromatic rings. The number of benzene rings is 1. The van der Waals surface area contributed by atoms with E-state index in [0.29, 0.717) is 24.5 Å². The highest BCUT2D eigenvalue weighted by molar-refractivity contribution is 5.94. The van der Waals surface area contributed by atoms with Gasteiger partial charge in [-0.15, -0.1) is 0 Å². The standard InChI is InChI=1S/C13H16O3/c1-4-9-16-11-8-6-7-10(3)12(11)13(14)15-5-2/h4,6-8H,1,5,9H2,2-3H3. The van der Waals surface area contributed by atoms with Crippen molar-refractivity contribution in [1.82, 2.24) is 0 Å². The van der Waals surface area contributed by atoms with E-state index in [1.807, 2.05) is 19.1 Å². The molecule has 0 N–H and O–H groups in total. The summed E-state index contributed by atoms with van der Waals surface area (Å²) in [7, 11) is 0. The van der Waals surface area contributed by atoms with Crippen molar-refractivity contribution in [2.45, 2.75) is 13.8 Å². The number of esters is 1. The van der Waals surface area contributed by atoms with Crippen LogP contribution in [0.25, 0.3) is 0 Å². The van der Waals surface area contributed by atoms with E-state index in [-0.39, 0.29) is 5.97 Å². The van der Waals surface area contributed by atoms with Crippen LogP contribution in [-0.2, 0) is 4.74 Å². The van der Waals surface area contributed by atoms with Gasteiger partial charge in [-0.1, -0.05) is 24.8 Å².